The molecule has 0 saturated carbocycles. The Bertz CT molecular complexity index is 532. The van der Waals surface area contributed by atoms with E-state index in [9.17, 15) is 14.0 Å². The standard InChI is InChI=1S/C13H13BrClFO2S/c1-4-13(2,3)12(18)19-10-5-7(11(15)17)9(16)6-8(10)14/h5-6H,4H2,1-3H3. The van der Waals surface area contributed by atoms with Gasteiger partial charge >= 0.3 is 0 Å². The van der Waals surface area contributed by atoms with Crippen molar-refractivity contribution in [3.63, 3.8) is 0 Å². The Labute approximate surface area is 129 Å². The lowest BCUT2D eigenvalue weighted by molar-refractivity contribution is -0.118. The fourth-order valence-electron chi connectivity index (χ4n) is 1.14. The van der Waals surface area contributed by atoms with Gasteiger partial charge in [0.1, 0.15) is 5.82 Å². The minimum absolute atomic E-state index is 0.0460. The maximum absolute atomic E-state index is 13.5. The summed E-state index contributed by atoms with van der Waals surface area (Å²) in [6.07, 6.45) is 0.693. The highest BCUT2D eigenvalue weighted by Crippen LogP contribution is 2.36. The normalized spacial score (nSPS) is 11.5. The zero-order valence-electron chi connectivity index (χ0n) is 10.7. The molecule has 2 nitrogen and oxygen atoms in total. The van der Waals surface area contributed by atoms with E-state index >= 15 is 0 Å². The van der Waals surface area contributed by atoms with Crippen LogP contribution in [0.1, 0.15) is 37.6 Å². The van der Waals surface area contributed by atoms with Gasteiger partial charge < -0.3 is 0 Å². The van der Waals surface area contributed by atoms with Crippen LogP contribution in [0.3, 0.4) is 0 Å². The first-order valence-electron chi connectivity index (χ1n) is 5.60. The summed E-state index contributed by atoms with van der Waals surface area (Å²) in [7, 11) is 0. The van der Waals surface area contributed by atoms with Crippen molar-refractivity contribution in [2.75, 3.05) is 0 Å². The number of benzene rings is 1. The van der Waals surface area contributed by atoms with Gasteiger partial charge in [0, 0.05) is 14.8 Å². The predicted molar refractivity (Wildman–Crippen MR) is 79.2 cm³/mol. The smallest absolute Gasteiger partial charge is 0.255 e. The first-order valence-corrected chi connectivity index (χ1v) is 7.59. The van der Waals surface area contributed by atoms with Gasteiger partial charge in [-0.1, -0.05) is 32.5 Å². The fourth-order valence-corrected chi connectivity index (χ4v) is 2.80. The van der Waals surface area contributed by atoms with Gasteiger partial charge in [0.05, 0.1) is 5.56 Å². The van der Waals surface area contributed by atoms with E-state index in [1.807, 2.05) is 20.8 Å². The quantitative estimate of drug-likeness (QED) is 0.553. The van der Waals surface area contributed by atoms with Crippen LogP contribution in [0.15, 0.2) is 21.5 Å². The van der Waals surface area contributed by atoms with Gasteiger partial charge in [-0.2, -0.15) is 0 Å². The van der Waals surface area contributed by atoms with Crippen molar-refractivity contribution in [1.29, 1.82) is 0 Å². The maximum atomic E-state index is 13.5. The average molecular weight is 368 g/mol. The summed E-state index contributed by atoms with van der Waals surface area (Å²) in [5, 5.41) is -0.927. The van der Waals surface area contributed by atoms with Gasteiger partial charge in [0.2, 0.25) is 0 Å². The summed E-state index contributed by atoms with van der Waals surface area (Å²) in [4.78, 5) is 23.7. The average Bonchev–Trinajstić information content (AvgIpc) is 2.31. The highest BCUT2D eigenvalue weighted by atomic mass is 79.9. The predicted octanol–water partition coefficient (Wildman–Crippen LogP) is 5.02. The van der Waals surface area contributed by atoms with Crippen LogP contribution in [0.4, 0.5) is 4.39 Å². The second-order valence-corrected chi connectivity index (χ2v) is 6.88. The minimum atomic E-state index is -0.881. The van der Waals surface area contributed by atoms with Gasteiger partial charge in [0.25, 0.3) is 5.24 Å². The lowest BCUT2D eigenvalue weighted by Gasteiger charge is -2.20. The molecule has 6 heteroatoms. The van der Waals surface area contributed by atoms with Crippen molar-refractivity contribution in [1.82, 2.24) is 0 Å². The third-order valence-corrected chi connectivity index (χ3v) is 5.29. The van der Waals surface area contributed by atoms with E-state index in [-0.39, 0.29) is 10.7 Å². The number of thioether (sulfide) groups is 1. The SMILES string of the molecule is CCC(C)(C)C(=O)Sc1cc(C(=O)Cl)c(F)cc1Br. The van der Waals surface area contributed by atoms with E-state index < -0.39 is 16.5 Å². The molecule has 1 aromatic carbocycles. The van der Waals surface area contributed by atoms with Crippen LogP contribution in [-0.2, 0) is 4.79 Å². The van der Waals surface area contributed by atoms with Crippen LogP contribution in [-0.4, -0.2) is 10.4 Å². The Morgan fingerprint density at radius 3 is 2.47 bits per heavy atom. The van der Waals surface area contributed by atoms with Crippen LogP contribution in [0.2, 0.25) is 0 Å². The molecule has 19 heavy (non-hydrogen) atoms. The van der Waals surface area contributed by atoms with Gasteiger partial charge in [-0.3, -0.25) is 9.59 Å². The zero-order chi connectivity index (χ0) is 14.8. The van der Waals surface area contributed by atoms with Crippen molar-refractivity contribution >= 4 is 49.7 Å². The monoisotopic (exact) mass is 366 g/mol. The highest BCUT2D eigenvalue weighted by Gasteiger charge is 2.27. The van der Waals surface area contributed by atoms with E-state index in [1.165, 1.54) is 6.07 Å². The number of carbonyl (C=O) groups excluding carboxylic acids is 2. The first-order chi connectivity index (χ1) is 8.69. The van der Waals surface area contributed by atoms with Crippen molar-refractivity contribution < 1.29 is 14.0 Å². The molecule has 0 N–H and O–H groups in total. The molecular formula is C13H13BrClFO2S. The second-order valence-electron chi connectivity index (χ2n) is 4.66. The van der Waals surface area contributed by atoms with E-state index in [2.05, 4.69) is 15.9 Å². The molecule has 0 atom stereocenters. The molecule has 0 aliphatic carbocycles. The van der Waals surface area contributed by atoms with E-state index in [0.717, 1.165) is 17.8 Å². The zero-order valence-corrected chi connectivity index (χ0v) is 13.9. The maximum Gasteiger partial charge on any atom is 0.255 e. The molecule has 0 aliphatic rings. The number of rotatable bonds is 4. The Hall–Kier alpha value is -0.390. The number of halogens is 3. The summed E-state index contributed by atoms with van der Waals surface area (Å²) >= 11 is 9.46. The molecule has 0 unspecified atom stereocenters. The van der Waals surface area contributed by atoms with Crippen molar-refractivity contribution in [3.8, 4) is 0 Å². The summed E-state index contributed by atoms with van der Waals surface area (Å²) < 4.78 is 13.9. The van der Waals surface area contributed by atoms with Crippen LogP contribution in [0.5, 0.6) is 0 Å². The third kappa shape index (κ3) is 4.04. The Morgan fingerprint density at radius 1 is 1.42 bits per heavy atom. The molecule has 0 fully saturated rings. The summed E-state index contributed by atoms with van der Waals surface area (Å²) in [5.41, 5.74) is -0.710. The molecule has 0 aliphatic heterocycles. The summed E-state index contributed by atoms with van der Waals surface area (Å²) in [5.74, 6) is -0.710. The topological polar surface area (TPSA) is 34.1 Å². The number of carbonyl (C=O) groups is 2. The van der Waals surface area contributed by atoms with Gasteiger partial charge in [0.15, 0.2) is 5.12 Å². The van der Waals surface area contributed by atoms with Crippen LogP contribution in [0.25, 0.3) is 0 Å². The van der Waals surface area contributed by atoms with Crippen molar-refractivity contribution in [2.45, 2.75) is 32.1 Å². The van der Waals surface area contributed by atoms with Crippen LogP contribution < -0.4 is 0 Å². The van der Waals surface area contributed by atoms with Crippen LogP contribution >= 0.6 is 39.3 Å². The molecule has 1 rings (SSSR count). The highest BCUT2D eigenvalue weighted by molar-refractivity contribution is 9.10. The largest absolute Gasteiger partial charge is 0.286 e. The number of hydrogen-bond acceptors (Lipinski definition) is 3. The number of hydrogen-bond donors (Lipinski definition) is 0. The Balaban J connectivity index is 3.12. The van der Waals surface area contributed by atoms with Crippen molar-refractivity contribution in [3.05, 3.63) is 28.0 Å². The summed E-state index contributed by atoms with van der Waals surface area (Å²) in [6, 6.07) is 2.44. The Morgan fingerprint density at radius 2 is 2.00 bits per heavy atom. The molecule has 0 amide bonds. The van der Waals surface area contributed by atoms with Gasteiger partial charge in [-0.05, 0) is 46.1 Å². The van der Waals surface area contributed by atoms with Gasteiger partial charge in [-0.15, -0.1) is 0 Å². The van der Waals surface area contributed by atoms with E-state index in [1.54, 1.807) is 0 Å². The Kier molecular flexibility index (Phi) is 5.59. The third-order valence-electron chi connectivity index (χ3n) is 2.87. The molecule has 1 aromatic rings. The minimum Gasteiger partial charge on any atom is -0.286 e. The molecule has 0 radical (unpaired) electrons. The van der Waals surface area contributed by atoms with Crippen LogP contribution in [0, 0.1) is 11.2 Å². The molecule has 0 heterocycles. The van der Waals surface area contributed by atoms with Crippen molar-refractivity contribution in [2.24, 2.45) is 5.41 Å². The van der Waals surface area contributed by atoms with Gasteiger partial charge in [-0.25, -0.2) is 4.39 Å². The molecule has 0 aromatic heterocycles. The first kappa shape index (κ1) is 16.7. The van der Waals surface area contributed by atoms with E-state index in [4.69, 9.17) is 11.6 Å². The lowest BCUT2D eigenvalue weighted by Crippen LogP contribution is -2.20. The molecule has 104 valence electrons. The lowest BCUT2D eigenvalue weighted by atomic mass is 9.92. The molecular weight excluding hydrogens is 355 g/mol. The second kappa shape index (κ2) is 6.37. The molecule has 0 spiro atoms. The van der Waals surface area contributed by atoms with E-state index in [0.29, 0.717) is 15.8 Å². The fraction of sp³-hybridized carbons (Fsp3) is 0.385. The summed E-state index contributed by atoms with van der Waals surface area (Å²) in [6.45, 7) is 5.60. The molecule has 0 bridgehead atoms. The molecule has 0 saturated heterocycles.